The summed E-state index contributed by atoms with van der Waals surface area (Å²) < 4.78 is 39.7. The number of ether oxygens (including phenoxy) is 1. The highest BCUT2D eigenvalue weighted by Crippen LogP contribution is 2.27. The lowest BCUT2D eigenvalue weighted by Gasteiger charge is -2.24. The topological polar surface area (TPSA) is 21.3 Å². The molecule has 0 amide bonds. The molecule has 1 atom stereocenters. The van der Waals surface area contributed by atoms with Gasteiger partial charge in [0.15, 0.2) is 0 Å². The van der Waals surface area contributed by atoms with Crippen LogP contribution in [0.1, 0.15) is 30.9 Å². The number of alkyl halides is 3. The predicted octanol–water partition coefficient (Wildman–Crippen LogP) is 3.82. The molecule has 0 saturated carbocycles. The molecule has 0 unspecified atom stereocenters. The van der Waals surface area contributed by atoms with E-state index in [1.807, 2.05) is 0 Å². The van der Waals surface area contributed by atoms with E-state index in [-0.39, 0.29) is 24.2 Å². The average Bonchev–Trinajstić information content (AvgIpc) is 2.29. The van der Waals surface area contributed by atoms with Crippen LogP contribution in [0.2, 0.25) is 0 Å². The van der Waals surface area contributed by atoms with Gasteiger partial charge < -0.3 is 10.1 Å². The van der Waals surface area contributed by atoms with Gasteiger partial charge in [-0.2, -0.15) is 0 Å². The molecule has 0 aliphatic carbocycles. The van der Waals surface area contributed by atoms with Crippen LogP contribution in [-0.2, 0) is 0 Å². The molecule has 2 nitrogen and oxygen atoms in total. The zero-order chi connectivity index (χ0) is 12.3. The Bertz CT molecular complexity index is 361. The molecule has 6 heteroatoms. The zero-order valence-electron chi connectivity index (χ0n) is 9.67. The number of hydrogen-bond acceptors (Lipinski definition) is 2. The van der Waals surface area contributed by atoms with E-state index < -0.39 is 6.36 Å². The second-order valence-corrected chi connectivity index (χ2v) is 4.12. The molecule has 2 rings (SSSR count). The Kier molecular flexibility index (Phi) is 5.28. The Balaban J connectivity index is 0.00000162. The van der Waals surface area contributed by atoms with Crippen molar-refractivity contribution < 1.29 is 17.9 Å². The summed E-state index contributed by atoms with van der Waals surface area (Å²) in [5.41, 5.74) is 1.01. The Labute approximate surface area is 110 Å². The van der Waals surface area contributed by atoms with E-state index in [0.717, 1.165) is 31.4 Å². The molecule has 0 radical (unpaired) electrons. The molecule has 0 aromatic heterocycles. The van der Waals surface area contributed by atoms with E-state index >= 15 is 0 Å². The molecule has 1 aromatic carbocycles. The van der Waals surface area contributed by atoms with E-state index in [4.69, 9.17) is 0 Å². The highest BCUT2D eigenvalue weighted by molar-refractivity contribution is 5.85. The summed E-state index contributed by atoms with van der Waals surface area (Å²) in [6.45, 7) is 0.964. The van der Waals surface area contributed by atoms with Crippen LogP contribution in [0, 0.1) is 0 Å². The number of nitrogens with one attached hydrogen (secondary N) is 1. The highest BCUT2D eigenvalue weighted by Gasteiger charge is 2.31. The highest BCUT2D eigenvalue weighted by atomic mass is 35.5. The fourth-order valence-electron chi connectivity index (χ4n) is 2.04. The third kappa shape index (κ3) is 4.38. The summed E-state index contributed by atoms with van der Waals surface area (Å²) in [5.74, 6) is -0.169. The quantitative estimate of drug-likeness (QED) is 0.890. The van der Waals surface area contributed by atoms with Gasteiger partial charge in [0.25, 0.3) is 0 Å². The van der Waals surface area contributed by atoms with Gasteiger partial charge in [-0.1, -0.05) is 18.6 Å². The zero-order valence-corrected chi connectivity index (χ0v) is 10.5. The second kappa shape index (κ2) is 6.29. The number of hydrogen-bond donors (Lipinski definition) is 1. The lowest BCUT2D eigenvalue weighted by atomic mass is 9.98. The van der Waals surface area contributed by atoms with Gasteiger partial charge in [0.1, 0.15) is 5.75 Å². The van der Waals surface area contributed by atoms with Crippen LogP contribution in [0.4, 0.5) is 13.2 Å². The Morgan fingerprint density at radius 3 is 2.28 bits per heavy atom. The van der Waals surface area contributed by atoms with Crippen molar-refractivity contribution in [1.29, 1.82) is 0 Å². The van der Waals surface area contributed by atoms with Crippen LogP contribution < -0.4 is 10.1 Å². The number of rotatable bonds is 2. The van der Waals surface area contributed by atoms with Crippen molar-refractivity contribution in [3.8, 4) is 5.75 Å². The van der Waals surface area contributed by atoms with Crippen LogP contribution >= 0.6 is 12.4 Å². The first-order valence-electron chi connectivity index (χ1n) is 5.64. The molecule has 1 fully saturated rings. The van der Waals surface area contributed by atoms with E-state index in [9.17, 15) is 13.2 Å². The van der Waals surface area contributed by atoms with Crippen LogP contribution in [-0.4, -0.2) is 12.9 Å². The van der Waals surface area contributed by atoms with E-state index in [2.05, 4.69) is 10.1 Å². The molecular formula is C12H15ClF3NO. The largest absolute Gasteiger partial charge is 0.573 e. The lowest BCUT2D eigenvalue weighted by Crippen LogP contribution is -2.26. The van der Waals surface area contributed by atoms with Gasteiger partial charge in [0.2, 0.25) is 0 Å². The standard InChI is InChI=1S/C12H14F3NO.ClH/c13-12(14,15)17-10-6-4-9(5-7-10)11-3-1-2-8-16-11;/h4-7,11,16H,1-3,8H2;1H/t11-;/m1./s1. The third-order valence-corrected chi connectivity index (χ3v) is 2.83. The average molecular weight is 282 g/mol. The first kappa shape index (κ1) is 15.1. The van der Waals surface area contributed by atoms with E-state index in [0.29, 0.717) is 0 Å². The molecule has 1 aromatic rings. The minimum atomic E-state index is -4.62. The minimum Gasteiger partial charge on any atom is -0.406 e. The van der Waals surface area contributed by atoms with Crippen molar-refractivity contribution in [2.75, 3.05) is 6.54 Å². The summed E-state index contributed by atoms with van der Waals surface area (Å²) in [7, 11) is 0. The normalized spacial score (nSPS) is 20.1. The van der Waals surface area contributed by atoms with Crippen molar-refractivity contribution in [3.05, 3.63) is 29.8 Å². The first-order chi connectivity index (χ1) is 8.04. The van der Waals surface area contributed by atoms with Crippen LogP contribution in [0.3, 0.4) is 0 Å². The van der Waals surface area contributed by atoms with Gasteiger partial charge >= 0.3 is 6.36 Å². The molecule has 1 aliphatic rings. The third-order valence-electron chi connectivity index (χ3n) is 2.83. The van der Waals surface area contributed by atoms with Crippen LogP contribution in [0.5, 0.6) is 5.75 Å². The smallest absolute Gasteiger partial charge is 0.406 e. The molecule has 18 heavy (non-hydrogen) atoms. The van der Waals surface area contributed by atoms with Gasteiger partial charge in [0, 0.05) is 6.04 Å². The van der Waals surface area contributed by atoms with Crippen LogP contribution in [0.25, 0.3) is 0 Å². The molecule has 0 bridgehead atoms. The molecule has 1 saturated heterocycles. The van der Waals surface area contributed by atoms with Gasteiger partial charge in [-0.25, -0.2) is 0 Å². The Hall–Kier alpha value is -0.940. The minimum absolute atomic E-state index is 0. The number of piperidine rings is 1. The summed E-state index contributed by atoms with van der Waals surface area (Å²) in [5, 5.41) is 3.34. The van der Waals surface area contributed by atoms with Crippen LogP contribution in [0.15, 0.2) is 24.3 Å². The van der Waals surface area contributed by atoms with Crippen molar-refractivity contribution in [3.63, 3.8) is 0 Å². The van der Waals surface area contributed by atoms with Gasteiger partial charge in [0.05, 0.1) is 0 Å². The lowest BCUT2D eigenvalue weighted by molar-refractivity contribution is -0.274. The SMILES string of the molecule is Cl.FC(F)(F)Oc1ccc([C@H]2CCCCN2)cc1. The summed E-state index contributed by atoms with van der Waals surface area (Å²) in [6, 6.07) is 6.34. The molecule has 1 heterocycles. The van der Waals surface area contributed by atoms with E-state index in [1.165, 1.54) is 12.1 Å². The predicted molar refractivity (Wildman–Crippen MR) is 65.0 cm³/mol. The number of benzene rings is 1. The summed E-state index contributed by atoms with van der Waals surface area (Å²) in [6.07, 6.45) is -1.28. The molecule has 102 valence electrons. The Morgan fingerprint density at radius 1 is 1.11 bits per heavy atom. The first-order valence-corrected chi connectivity index (χ1v) is 5.64. The molecular weight excluding hydrogens is 267 g/mol. The Morgan fingerprint density at radius 2 is 1.78 bits per heavy atom. The van der Waals surface area contributed by atoms with Crippen molar-refractivity contribution in [1.82, 2.24) is 5.32 Å². The van der Waals surface area contributed by atoms with Crippen molar-refractivity contribution in [2.45, 2.75) is 31.7 Å². The maximum Gasteiger partial charge on any atom is 0.573 e. The summed E-state index contributed by atoms with van der Waals surface area (Å²) >= 11 is 0. The van der Waals surface area contributed by atoms with E-state index in [1.54, 1.807) is 12.1 Å². The monoisotopic (exact) mass is 281 g/mol. The molecule has 1 N–H and O–H groups in total. The fourth-order valence-corrected chi connectivity index (χ4v) is 2.04. The van der Waals surface area contributed by atoms with Crippen molar-refractivity contribution >= 4 is 12.4 Å². The summed E-state index contributed by atoms with van der Waals surface area (Å²) in [4.78, 5) is 0. The second-order valence-electron chi connectivity index (χ2n) is 4.12. The van der Waals surface area contributed by atoms with Gasteiger partial charge in [-0.15, -0.1) is 25.6 Å². The van der Waals surface area contributed by atoms with Gasteiger partial charge in [-0.3, -0.25) is 0 Å². The maximum atomic E-state index is 12.0. The molecule has 1 aliphatic heterocycles. The van der Waals surface area contributed by atoms with Crippen molar-refractivity contribution in [2.24, 2.45) is 0 Å². The fraction of sp³-hybridized carbons (Fsp3) is 0.500. The number of halogens is 4. The molecule has 0 spiro atoms. The van der Waals surface area contributed by atoms with Gasteiger partial charge in [-0.05, 0) is 37.1 Å². The maximum absolute atomic E-state index is 12.0.